The quantitative estimate of drug-likeness (QED) is 0.828. The highest BCUT2D eigenvalue weighted by molar-refractivity contribution is 8.00. The third kappa shape index (κ3) is 3.85. The lowest BCUT2D eigenvalue weighted by atomic mass is 10.1. The predicted molar refractivity (Wildman–Crippen MR) is 108 cm³/mol. The number of nitrogens with zero attached hydrogens (tertiary/aromatic N) is 1. The lowest BCUT2D eigenvalue weighted by Gasteiger charge is -2.22. The minimum Gasteiger partial charge on any atom is -0.372 e. The molecular weight excluding hydrogens is 346 g/mol. The zero-order chi connectivity index (χ0) is 18.7. The molecule has 1 heterocycles. The summed E-state index contributed by atoms with van der Waals surface area (Å²) in [6.45, 7) is 7.99. The summed E-state index contributed by atoms with van der Waals surface area (Å²) in [7, 11) is 0. The third-order valence-corrected chi connectivity index (χ3v) is 5.60. The van der Waals surface area contributed by atoms with E-state index in [9.17, 15) is 9.59 Å². The molecule has 6 heteroatoms. The van der Waals surface area contributed by atoms with Crippen LogP contribution >= 0.6 is 11.8 Å². The van der Waals surface area contributed by atoms with Crippen LogP contribution in [0.5, 0.6) is 0 Å². The molecule has 0 spiro atoms. The van der Waals surface area contributed by atoms with Gasteiger partial charge in [-0.15, -0.1) is 11.8 Å². The van der Waals surface area contributed by atoms with Crippen LogP contribution in [0, 0.1) is 0 Å². The van der Waals surface area contributed by atoms with Gasteiger partial charge in [-0.1, -0.05) is 0 Å². The van der Waals surface area contributed by atoms with E-state index >= 15 is 0 Å². The van der Waals surface area contributed by atoms with Gasteiger partial charge >= 0.3 is 0 Å². The highest BCUT2D eigenvalue weighted by Crippen LogP contribution is 2.36. The van der Waals surface area contributed by atoms with E-state index in [0.29, 0.717) is 11.3 Å². The summed E-state index contributed by atoms with van der Waals surface area (Å²) < 4.78 is 0. The van der Waals surface area contributed by atoms with Crippen LogP contribution in [0.4, 0.5) is 17.1 Å². The first-order valence-electron chi connectivity index (χ1n) is 8.79. The monoisotopic (exact) mass is 369 g/mol. The maximum atomic E-state index is 12.5. The van der Waals surface area contributed by atoms with E-state index in [1.165, 1.54) is 11.8 Å². The number of hydrogen-bond acceptors (Lipinski definition) is 4. The fourth-order valence-electron chi connectivity index (χ4n) is 2.90. The molecule has 0 bridgehead atoms. The normalized spacial score (nSPS) is 15.8. The van der Waals surface area contributed by atoms with Gasteiger partial charge < -0.3 is 15.5 Å². The molecule has 1 aliphatic rings. The Bertz CT molecular complexity index is 816. The zero-order valence-corrected chi connectivity index (χ0v) is 16.0. The summed E-state index contributed by atoms with van der Waals surface area (Å²) in [5.74, 6) is -0.228. The fraction of sp³-hybridized carbons (Fsp3) is 0.300. The van der Waals surface area contributed by atoms with Gasteiger partial charge in [-0.25, -0.2) is 0 Å². The third-order valence-electron chi connectivity index (χ3n) is 4.43. The van der Waals surface area contributed by atoms with Crippen molar-refractivity contribution in [2.24, 2.45) is 0 Å². The molecule has 3 rings (SSSR count). The van der Waals surface area contributed by atoms with Crippen molar-refractivity contribution in [3.05, 3.63) is 48.0 Å². The number of hydrogen-bond donors (Lipinski definition) is 2. The molecule has 2 N–H and O–H groups in total. The summed E-state index contributed by atoms with van der Waals surface area (Å²) >= 11 is 1.50. The maximum Gasteiger partial charge on any atom is 0.255 e. The second kappa shape index (κ2) is 7.83. The Labute approximate surface area is 158 Å². The first kappa shape index (κ1) is 18.3. The molecular formula is C20H23N3O2S. The molecule has 1 aliphatic heterocycles. The number of anilines is 3. The van der Waals surface area contributed by atoms with Gasteiger partial charge in [-0.3, -0.25) is 9.59 Å². The zero-order valence-electron chi connectivity index (χ0n) is 15.2. The van der Waals surface area contributed by atoms with E-state index < -0.39 is 0 Å². The molecule has 0 fully saturated rings. The van der Waals surface area contributed by atoms with Crippen molar-refractivity contribution in [2.45, 2.75) is 30.9 Å². The summed E-state index contributed by atoms with van der Waals surface area (Å²) in [6, 6.07) is 13.2. The Morgan fingerprint density at radius 3 is 2.50 bits per heavy atom. The maximum absolute atomic E-state index is 12.5. The van der Waals surface area contributed by atoms with Gasteiger partial charge in [-0.05, 0) is 63.2 Å². The van der Waals surface area contributed by atoms with Crippen LogP contribution in [0.15, 0.2) is 47.4 Å². The van der Waals surface area contributed by atoms with Crippen LogP contribution in [-0.2, 0) is 4.79 Å². The van der Waals surface area contributed by atoms with Gasteiger partial charge in [-0.2, -0.15) is 0 Å². The second-order valence-corrected chi connectivity index (χ2v) is 7.52. The summed E-state index contributed by atoms with van der Waals surface area (Å²) in [5, 5.41) is 5.65. The largest absolute Gasteiger partial charge is 0.372 e. The van der Waals surface area contributed by atoms with Crippen LogP contribution in [0.25, 0.3) is 0 Å². The molecule has 2 aromatic rings. The lowest BCUT2D eigenvalue weighted by molar-refractivity contribution is -0.115. The highest BCUT2D eigenvalue weighted by Gasteiger charge is 2.23. The predicted octanol–water partition coefficient (Wildman–Crippen LogP) is 4.22. The SMILES string of the molecule is CCN(CC)c1ccc(NC(=O)c2ccc3c(c2)NC(=O)[C@H](C)S3)cc1. The van der Waals surface area contributed by atoms with Gasteiger partial charge in [0.05, 0.1) is 10.9 Å². The Morgan fingerprint density at radius 2 is 1.85 bits per heavy atom. The molecule has 1 atom stereocenters. The molecule has 5 nitrogen and oxygen atoms in total. The van der Waals surface area contributed by atoms with E-state index in [-0.39, 0.29) is 17.1 Å². The van der Waals surface area contributed by atoms with Crippen LogP contribution in [0.2, 0.25) is 0 Å². The van der Waals surface area contributed by atoms with Crippen molar-refractivity contribution < 1.29 is 9.59 Å². The molecule has 2 amide bonds. The van der Waals surface area contributed by atoms with Crippen molar-refractivity contribution in [2.75, 3.05) is 28.6 Å². The standard InChI is InChI=1S/C20H23N3O2S/c1-4-23(5-2)16-9-7-15(8-10-16)21-20(25)14-6-11-18-17(12-14)22-19(24)13(3)26-18/h6-13H,4-5H2,1-3H3,(H,21,25)(H,22,24)/t13-/m0/s1. The van der Waals surface area contributed by atoms with E-state index in [2.05, 4.69) is 29.4 Å². The molecule has 0 aliphatic carbocycles. The number of fused-ring (bicyclic) bond motifs is 1. The number of carbonyl (C=O) groups excluding carboxylic acids is 2. The van der Waals surface area contributed by atoms with Crippen LogP contribution in [-0.4, -0.2) is 30.2 Å². The lowest BCUT2D eigenvalue weighted by Crippen LogP contribution is -2.26. The number of nitrogens with one attached hydrogen (secondary N) is 2. The Morgan fingerprint density at radius 1 is 1.15 bits per heavy atom. The number of benzene rings is 2. The van der Waals surface area contributed by atoms with Crippen LogP contribution in [0.3, 0.4) is 0 Å². The second-order valence-electron chi connectivity index (χ2n) is 6.13. The van der Waals surface area contributed by atoms with Crippen molar-refractivity contribution in [1.29, 1.82) is 0 Å². The van der Waals surface area contributed by atoms with Gasteiger partial charge in [0, 0.05) is 34.9 Å². The molecule has 0 unspecified atom stereocenters. The van der Waals surface area contributed by atoms with E-state index in [1.807, 2.05) is 37.3 Å². The highest BCUT2D eigenvalue weighted by atomic mass is 32.2. The summed E-state index contributed by atoms with van der Waals surface area (Å²) in [6.07, 6.45) is 0. The summed E-state index contributed by atoms with van der Waals surface area (Å²) in [4.78, 5) is 27.6. The van der Waals surface area contributed by atoms with Gasteiger partial charge in [0.1, 0.15) is 0 Å². The number of thioether (sulfide) groups is 1. The number of rotatable bonds is 5. The minimum atomic E-state index is -0.193. The number of carbonyl (C=O) groups is 2. The van der Waals surface area contributed by atoms with Crippen molar-refractivity contribution in [3.8, 4) is 0 Å². The van der Waals surface area contributed by atoms with Gasteiger partial charge in [0.2, 0.25) is 5.91 Å². The molecule has 136 valence electrons. The van der Waals surface area contributed by atoms with E-state index in [4.69, 9.17) is 0 Å². The first-order valence-corrected chi connectivity index (χ1v) is 9.67. The molecule has 26 heavy (non-hydrogen) atoms. The average molecular weight is 369 g/mol. The van der Waals surface area contributed by atoms with Gasteiger partial charge in [0.25, 0.3) is 5.91 Å². The number of amides is 2. The minimum absolute atomic E-state index is 0.0351. The van der Waals surface area contributed by atoms with Crippen molar-refractivity contribution in [3.63, 3.8) is 0 Å². The van der Waals surface area contributed by atoms with Gasteiger partial charge in [0.15, 0.2) is 0 Å². The Kier molecular flexibility index (Phi) is 5.52. The van der Waals surface area contributed by atoms with Crippen LogP contribution < -0.4 is 15.5 Å². The smallest absolute Gasteiger partial charge is 0.255 e. The average Bonchev–Trinajstić information content (AvgIpc) is 2.64. The van der Waals surface area contributed by atoms with E-state index in [0.717, 1.165) is 29.4 Å². The Balaban J connectivity index is 1.72. The summed E-state index contributed by atoms with van der Waals surface area (Å²) in [5.41, 5.74) is 3.10. The van der Waals surface area contributed by atoms with Crippen molar-refractivity contribution >= 4 is 40.6 Å². The topological polar surface area (TPSA) is 61.4 Å². The molecule has 0 saturated carbocycles. The molecule has 0 aromatic heterocycles. The van der Waals surface area contributed by atoms with Crippen molar-refractivity contribution in [1.82, 2.24) is 0 Å². The Hall–Kier alpha value is -2.47. The molecule has 2 aromatic carbocycles. The molecule has 0 radical (unpaired) electrons. The van der Waals surface area contributed by atoms with Crippen LogP contribution in [0.1, 0.15) is 31.1 Å². The fourth-order valence-corrected chi connectivity index (χ4v) is 3.83. The van der Waals surface area contributed by atoms with E-state index in [1.54, 1.807) is 12.1 Å². The molecule has 0 saturated heterocycles. The first-order chi connectivity index (χ1) is 12.5.